The Labute approximate surface area is 157 Å². The average Bonchev–Trinajstić information content (AvgIpc) is 3.25. The van der Waals surface area contributed by atoms with E-state index in [-0.39, 0.29) is 12.5 Å². The molecule has 9 heteroatoms. The minimum atomic E-state index is -0.274. The fourth-order valence-electron chi connectivity index (χ4n) is 1.96. The number of benzene rings is 1. The van der Waals surface area contributed by atoms with E-state index in [4.69, 9.17) is 32.5 Å². The molecule has 0 aliphatic rings. The van der Waals surface area contributed by atoms with Crippen molar-refractivity contribution in [3.05, 3.63) is 51.6 Å². The summed E-state index contributed by atoms with van der Waals surface area (Å²) in [6.45, 7) is 0.217. The maximum atomic E-state index is 11.8. The standard InChI is InChI=1S/C16H13Cl2N3O3S/c17-10-3-4-12(11(18)8-10)23-9-14(22)19-6-5-15-20-16(21-24-15)13-2-1-7-25-13/h1-4,7-8H,5-6,9H2,(H,19,22). The summed E-state index contributed by atoms with van der Waals surface area (Å²) < 4.78 is 10.5. The smallest absolute Gasteiger partial charge is 0.257 e. The van der Waals surface area contributed by atoms with E-state index in [0.717, 1.165) is 4.88 Å². The van der Waals surface area contributed by atoms with Crippen LogP contribution in [0, 0.1) is 0 Å². The molecule has 1 amide bonds. The van der Waals surface area contributed by atoms with Gasteiger partial charge in [0.1, 0.15) is 5.75 Å². The second-order valence-electron chi connectivity index (χ2n) is 4.95. The highest BCUT2D eigenvalue weighted by molar-refractivity contribution is 7.13. The molecule has 0 aliphatic carbocycles. The topological polar surface area (TPSA) is 77.2 Å². The van der Waals surface area contributed by atoms with Gasteiger partial charge in [-0.1, -0.05) is 34.4 Å². The first-order valence-electron chi connectivity index (χ1n) is 7.33. The highest BCUT2D eigenvalue weighted by Gasteiger charge is 2.10. The largest absolute Gasteiger partial charge is 0.482 e. The number of amides is 1. The van der Waals surface area contributed by atoms with Crippen LogP contribution in [-0.4, -0.2) is 29.2 Å². The van der Waals surface area contributed by atoms with E-state index in [1.807, 2.05) is 17.5 Å². The summed E-state index contributed by atoms with van der Waals surface area (Å²) in [6, 6.07) is 8.64. The van der Waals surface area contributed by atoms with Crippen LogP contribution in [0.3, 0.4) is 0 Å². The van der Waals surface area contributed by atoms with Gasteiger partial charge in [0, 0.05) is 18.0 Å². The number of hydrogen-bond donors (Lipinski definition) is 1. The molecular weight excluding hydrogens is 385 g/mol. The molecule has 0 unspecified atom stereocenters. The summed E-state index contributed by atoms with van der Waals surface area (Å²) in [7, 11) is 0. The molecule has 0 fully saturated rings. The molecule has 130 valence electrons. The highest BCUT2D eigenvalue weighted by atomic mass is 35.5. The van der Waals surface area contributed by atoms with E-state index in [0.29, 0.717) is 40.5 Å². The molecule has 25 heavy (non-hydrogen) atoms. The van der Waals surface area contributed by atoms with Gasteiger partial charge in [-0.3, -0.25) is 4.79 Å². The predicted molar refractivity (Wildman–Crippen MR) is 96.3 cm³/mol. The summed E-state index contributed by atoms with van der Waals surface area (Å²) in [6.07, 6.45) is 0.436. The number of ether oxygens (including phenoxy) is 1. The van der Waals surface area contributed by atoms with Gasteiger partial charge in [0.15, 0.2) is 6.61 Å². The predicted octanol–water partition coefficient (Wildman–Crippen LogP) is 3.84. The second kappa shape index (κ2) is 8.33. The van der Waals surface area contributed by atoms with Gasteiger partial charge in [0.2, 0.25) is 11.7 Å². The van der Waals surface area contributed by atoms with Crippen LogP contribution in [-0.2, 0) is 11.2 Å². The summed E-state index contributed by atoms with van der Waals surface area (Å²) in [4.78, 5) is 17.0. The molecule has 0 saturated carbocycles. The molecule has 0 aliphatic heterocycles. The fourth-order valence-corrected chi connectivity index (χ4v) is 3.07. The van der Waals surface area contributed by atoms with Gasteiger partial charge in [0.25, 0.3) is 5.91 Å². The quantitative estimate of drug-likeness (QED) is 0.654. The lowest BCUT2D eigenvalue weighted by atomic mass is 10.3. The first-order valence-corrected chi connectivity index (χ1v) is 8.96. The third-order valence-corrected chi connectivity index (χ3v) is 4.52. The monoisotopic (exact) mass is 397 g/mol. The Bertz CT molecular complexity index is 852. The minimum Gasteiger partial charge on any atom is -0.482 e. The molecule has 0 spiro atoms. The Morgan fingerprint density at radius 2 is 2.20 bits per heavy atom. The van der Waals surface area contributed by atoms with E-state index in [2.05, 4.69) is 15.5 Å². The Hall–Kier alpha value is -2.09. The van der Waals surface area contributed by atoms with Gasteiger partial charge in [0.05, 0.1) is 9.90 Å². The number of carbonyl (C=O) groups is 1. The van der Waals surface area contributed by atoms with Gasteiger partial charge in [-0.2, -0.15) is 4.98 Å². The van der Waals surface area contributed by atoms with Gasteiger partial charge in [-0.25, -0.2) is 0 Å². The van der Waals surface area contributed by atoms with Crippen molar-refractivity contribution in [2.75, 3.05) is 13.2 Å². The van der Waals surface area contributed by atoms with Crippen molar-refractivity contribution in [1.29, 1.82) is 0 Å². The number of thiophene rings is 1. The highest BCUT2D eigenvalue weighted by Crippen LogP contribution is 2.27. The Morgan fingerprint density at radius 3 is 2.96 bits per heavy atom. The van der Waals surface area contributed by atoms with Crippen molar-refractivity contribution in [3.8, 4) is 16.5 Å². The van der Waals surface area contributed by atoms with Crippen molar-refractivity contribution >= 4 is 40.4 Å². The van der Waals surface area contributed by atoms with Crippen LogP contribution >= 0.6 is 34.5 Å². The summed E-state index contributed by atoms with van der Waals surface area (Å²) >= 11 is 13.3. The molecule has 6 nitrogen and oxygen atoms in total. The SMILES string of the molecule is O=C(COc1ccc(Cl)cc1Cl)NCCc1nc(-c2cccs2)no1. The molecule has 0 saturated heterocycles. The van der Waals surface area contributed by atoms with Crippen LogP contribution in [0.25, 0.3) is 10.7 Å². The number of nitrogens with one attached hydrogen (secondary N) is 1. The molecular formula is C16H13Cl2N3O3S. The van der Waals surface area contributed by atoms with Crippen molar-refractivity contribution in [1.82, 2.24) is 15.5 Å². The van der Waals surface area contributed by atoms with Gasteiger partial charge < -0.3 is 14.6 Å². The zero-order valence-electron chi connectivity index (χ0n) is 12.9. The van der Waals surface area contributed by atoms with Crippen LogP contribution in [0.4, 0.5) is 0 Å². The molecule has 2 aromatic heterocycles. The van der Waals surface area contributed by atoms with E-state index >= 15 is 0 Å². The summed E-state index contributed by atoms with van der Waals surface area (Å²) in [5, 5.41) is 9.43. The first kappa shape index (κ1) is 17.7. The van der Waals surface area contributed by atoms with Crippen molar-refractivity contribution < 1.29 is 14.1 Å². The van der Waals surface area contributed by atoms with Crippen molar-refractivity contribution in [2.24, 2.45) is 0 Å². The van der Waals surface area contributed by atoms with E-state index in [9.17, 15) is 4.79 Å². The van der Waals surface area contributed by atoms with Crippen LogP contribution in [0.15, 0.2) is 40.2 Å². The normalized spacial score (nSPS) is 10.6. The third-order valence-electron chi connectivity index (χ3n) is 3.12. The lowest BCUT2D eigenvalue weighted by Gasteiger charge is -2.08. The Balaban J connectivity index is 1.42. The minimum absolute atomic E-state index is 0.147. The van der Waals surface area contributed by atoms with Crippen LogP contribution in [0.1, 0.15) is 5.89 Å². The number of carbonyl (C=O) groups excluding carboxylic acids is 1. The fraction of sp³-hybridized carbons (Fsp3) is 0.188. The second-order valence-corrected chi connectivity index (χ2v) is 6.74. The Kier molecular flexibility index (Phi) is 5.91. The number of nitrogens with zero attached hydrogens (tertiary/aromatic N) is 2. The number of rotatable bonds is 7. The number of hydrogen-bond acceptors (Lipinski definition) is 6. The summed E-state index contributed by atoms with van der Waals surface area (Å²) in [5.41, 5.74) is 0. The molecule has 3 aromatic rings. The lowest BCUT2D eigenvalue weighted by molar-refractivity contribution is -0.123. The average molecular weight is 398 g/mol. The zero-order chi connectivity index (χ0) is 17.6. The van der Waals surface area contributed by atoms with Crippen LogP contribution < -0.4 is 10.1 Å². The Morgan fingerprint density at radius 1 is 1.32 bits per heavy atom. The molecule has 1 N–H and O–H groups in total. The molecule has 0 atom stereocenters. The van der Waals surface area contributed by atoms with Gasteiger partial charge in [-0.15, -0.1) is 11.3 Å². The molecule has 0 bridgehead atoms. The van der Waals surface area contributed by atoms with Gasteiger partial charge in [-0.05, 0) is 29.6 Å². The molecule has 2 heterocycles. The van der Waals surface area contributed by atoms with E-state index in [1.165, 1.54) is 11.3 Å². The molecule has 1 aromatic carbocycles. The maximum Gasteiger partial charge on any atom is 0.257 e. The van der Waals surface area contributed by atoms with E-state index < -0.39 is 0 Å². The van der Waals surface area contributed by atoms with E-state index in [1.54, 1.807) is 18.2 Å². The van der Waals surface area contributed by atoms with Gasteiger partial charge >= 0.3 is 0 Å². The van der Waals surface area contributed by atoms with Crippen molar-refractivity contribution in [2.45, 2.75) is 6.42 Å². The molecule has 3 rings (SSSR count). The zero-order valence-corrected chi connectivity index (χ0v) is 15.2. The van der Waals surface area contributed by atoms with Crippen molar-refractivity contribution in [3.63, 3.8) is 0 Å². The van der Waals surface area contributed by atoms with Crippen LogP contribution in [0.2, 0.25) is 10.0 Å². The molecule has 0 radical (unpaired) electrons. The lowest BCUT2D eigenvalue weighted by Crippen LogP contribution is -2.30. The summed E-state index contributed by atoms with van der Waals surface area (Å²) in [5.74, 6) is 1.14. The number of aromatic nitrogens is 2. The maximum absolute atomic E-state index is 11.8. The third kappa shape index (κ3) is 4.94. The first-order chi connectivity index (χ1) is 12.1. The number of halogens is 2. The van der Waals surface area contributed by atoms with Crippen LogP contribution in [0.5, 0.6) is 5.75 Å².